The van der Waals surface area contributed by atoms with Gasteiger partial charge in [0.2, 0.25) is 0 Å². The molecule has 0 unspecified atom stereocenters. The number of hydrogen-bond acceptors (Lipinski definition) is 4. The summed E-state index contributed by atoms with van der Waals surface area (Å²) in [5.74, 6) is -0.707. The molecule has 0 bridgehead atoms. The van der Waals surface area contributed by atoms with E-state index in [0.717, 1.165) is 24.2 Å². The number of rotatable bonds is 5. The van der Waals surface area contributed by atoms with Crippen LogP contribution in [0.3, 0.4) is 0 Å². The predicted molar refractivity (Wildman–Crippen MR) is 68.9 cm³/mol. The summed E-state index contributed by atoms with van der Waals surface area (Å²) in [7, 11) is 0. The molecule has 1 aromatic heterocycles. The number of ketones is 1. The third-order valence-electron chi connectivity index (χ3n) is 2.88. The van der Waals surface area contributed by atoms with Gasteiger partial charge in [0, 0.05) is 17.3 Å². The molecule has 0 amide bonds. The van der Waals surface area contributed by atoms with Crippen LogP contribution in [-0.4, -0.2) is 15.8 Å². The molecule has 4 heteroatoms. The maximum absolute atomic E-state index is 12.2. The van der Waals surface area contributed by atoms with Crippen LogP contribution in [0.15, 0.2) is 6.07 Å². The number of aryl methyl sites for hydroxylation is 2. The molecule has 0 aliphatic rings. The number of nitriles is 1. The van der Waals surface area contributed by atoms with E-state index in [-0.39, 0.29) is 11.7 Å². The van der Waals surface area contributed by atoms with Crippen LogP contribution in [0.4, 0.5) is 0 Å². The maximum atomic E-state index is 12.2. The smallest absolute Gasteiger partial charge is 0.164 e. The van der Waals surface area contributed by atoms with Crippen molar-refractivity contribution in [2.24, 2.45) is 5.92 Å². The Kier molecular flexibility index (Phi) is 4.96. The molecule has 0 radical (unpaired) electrons. The zero-order valence-electron chi connectivity index (χ0n) is 11.4. The summed E-state index contributed by atoms with van der Waals surface area (Å²) in [5, 5.41) is 9.20. The fourth-order valence-electron chi connectivity index (χ4n) is 1.99. The molecule has 96 valence electrons. The van der Waals surface area contributed by atoms with Crippen LogP contribution in [0.5, 0.6) is 0 Å². The summed E-state index contributed by atoms with van der Waals surface area (Å²) in [5.41, 5.74) is 1.57. The fourth-order valence-corrected chi connectivity index (χ4v) is 1.99. The van der Waals surface area contributed by atoms with Crippen molar-refractivity contribution >= 4 is 5.78 Å². The number of carbonyl (C=O) groups is 1. The number of hydrogen-bond donors (Lipinski definition) is 0. The Morgan fingerprint density at radius 1 is 1.39 bits per heavy atom. The highest BCUT2D eigenvalue weighted by Gasteiger charge is 2.27. The van der Waals surface area contributed by atoms with Crippen LogP contribution in [0.2, 0.25) is 0 Å². The number of aromatic nitrogens is 2. The first kappa shape index (κ1) is 14.3. The molecule has 0 aromatic carbocycles. The number of nitrogens with zero attached hydrogens (tertiary/aromatic N) is 3. The second-order valence-electron chi connectivity index (χ2n) is 4.66. The maximum Gasteiger partial charge on any atom is 0.164 e. The van der Waals surface area contributed by atoms with Crippen LogP contribution >= 0.6 is 0 Å². The lowest BCUT2D eigenvalue weighted by Crippen LogP contribution is -2.21. The lowest BCUT2D eigenvalue weighted by molar-refractivity contribution is -0.123. The van der Waals surface area contributed by atoms with E-state index in [0.29, 0.717) is 5.82 Å². The van der Waals surface area contributed by atoms with Gasteiger partial charge in [-0.25, -0.2) is 9.97 Å². The second kappa shape index (κ2) is 6.25. The van der Waals surface area contributed by atoms with Gasteiger partial charge in [0.1, 0.15) is 0 Å². The van der Waals surface area contributed by atoms with Crippen molar-refractivity contribution in [3.05, 3.63) is 23.3 Å². The van der Waals surface area contributed by atoms with Gasteiger partial charge in [0.25, 0.3) is 0 Å². The average Bonchev–Trinajstić information content (AvgIpc) is 2.28. The highest BCUT2D eigenvalue weighted by atomic mass is 16.1. The van der Waals surface area contributed by atoms with Crippen LogP contribution in [-0.2, 0) is 4.79 Å². The zero-order chi connectivity index (χ0) is 13.7. The Bertz CT molecular complexity index is 456. The second-order valence-corrected chi connectivity index (χ2v) is 4.66. The normalized spacial score (nSPS) is 13.7. The summed E-state index contributed by atoms with van der Waals surface area (Å²) in [6.07, 6.45) is 1.72. The van der Waals surface area contributed by atoms with Crippen molar-refractivity contribution < 1.29 is 4.79 Å². The molecule has 4 nitrogen and oxygen atoms in total. The number of carbonyl (C=O) groups excluding carboxylic acids is 1. The zero-order valence-corrected chi connectivity index (χ0v) is 11.4. The lowest BCUT2D eigenvalue weighted by Gasteiger charge is -2.13. The Hall–Kier alpha value is -1.76. The molecule has 1 rings (SSSR count). The van der Waals surface area contributed by atoms with Gasteiger partial charge in [-0.1, -0.05) is 20.3 Å². The van der Waals surface area contributed by atoms with E-state index in [1.54, 1.807) is 0 Å². The monoisotopic (exact) mass is 245 g/mol. The SMILES string of the molecule is CCC[C@@H](C)C(=O)[C@@H](C#N)c1nc(C)cc(C)n1. The minimum atomic E-state index is -0.842. The topological polar surface area (TPSA) is 66.6 Å². The first-order valence-electron chi connectivity index (χ1n) is 6.25. The molecule has 0 saturated carbocycles. The average molecular weight is 245 g/mol. The Morgan fingerprint density at radius 3 is 2.39 bits per heavy atom. The quantitative estimate of drug-likeness (QED) is 0.800. The van der Waals surface area contributed by atoms with E-state index in [1.807, 2.05) is 39.8 Å². The summed E-state index contributed by atoms with van der Waals surface area (Å²) in [6.45, 7) is 7.57. The summed E-state index contributed by atoms with van der Waals surface area (Å²) >= 11 is 0. The molecule has 2 atom stereocenters. The van der Waals surface area contributed by atoms with Gasteiger partial charge < -0.3 is 0 Å². The minimum Gasteiger partial charge on any atom is -0.297 e. The molecule has 0 aliphatic carbocycles. The largest absolute Gasteiger partial charge is 0.297 e. The third-order valence-corrected chi connectivity index (χ3v) is 2.88. The van der Waals surface area contributed by atoms with Crippen LogP contribution in [0.25, 0.3) is 0 Å². The Balaban J connectivity index is 3.03. The molecule has 0 aliphatic heterocycles. The molecular weight excluding hydrogens is 226 g/mol. The van der Waals surface area contributed by atoms with E-state index < -0.39 is 5.92 Å². The highest BCUT2D eigenvalue weighted by Crippen LogP contribution is 2.20. The van der Waals surface area contributed by atoms with E-state index in [1.165, 1.54) is 0 Å². The molecule has 0 spiro atoms. The van der Waals surface area contributed by atoms with Gasteiger partial charge in [-0.2, -0.15) is 5.26 Å². The van der Waals surface area contributed by atoms with Gasteiger partial charge in [-0.05, 0) is 26.3 Å². The molecule has 18 heavy (non-hydrogen) atoms. The van der Waals surface area contributed by atoms with E-state index >= 15 is 0 Å². The van der Waals surface area contributed by atoms with Crippen molar-refractivity contribution in [1.29, 1.82) is 5.26 Å². The standard InChI is InChI=1S/C14H19N3O/c1-5-6-9(2)13(18)12(8-15)14-16-10(3)7-11(4)17-14/h7,9,12H,5-6H2,1-4H3/t9-,12-/m1/s1. The molecule has 0 saturated heterocycles. The lowest BCUT2D eigenvalue weighted by atomic mass is 9.91. The van der Waals surface area contributed by atoms with Crippen molar-refractivity contribution in [1.82, 2.24) is 9.97 Å². The fraction of sp³-hybridized carbons (Fsp3) is 0.571. The molecule has 1 aromatic rings. The molecule has 0 N–H and O–H groups in total. The van der Waals surface area contributed by atoms with Crippen LogP contribution in [0, 0.1) is 31.1 Å². The van der Waals surface area contributed by atoms with E-state index in [2.05, 4.69) is 9.97 Å². The van der Waals surface area contributed by atoms with Crippen molar-refractivity contribution in [2.75, 3.05) is 0 Å². The number of Topliss-reactive ketones (excluding diaryl/α,β-unsaturated/α-hetero) is 1. The van der Waals surface area contributed by atoms with Gasteiger partial charge in [-0.15, -0.1) is 0 Å². The van der Waals surface area contributed by atoms with Crippen molar-refractivity contribution in [3.8, 4) is 6.07 Å². The van der Waals surface area contributed by atoms with Gasteiger partial charge in [-0.3, -0.25) is 4.79 Å². The third kappa shape index (κ3) is 3.36. The summed E-state index contributed by atoms with van der Waals surface area (Å²) in [6, 6.07) is 3.87. The first-order chi connectivity index (χ1) is 8.49. The van der Waals surface area contributed by atoms with Gasteiger partial charge in [0.15, 0.2) is 17.5 Å². The van der Waals surface area contributed by atoms with Crippen LogP contribution < -0.4 is 0 Å². The van der Waals surface area contributed by atoms with Gasteiger partial charge in [0.05, 0.1) is 6.07 Å². The molecule has 0 fully saturated rings. The molecular formula is C14H19N3O. The minimum absolute atomic E-state index is 0.0793. The predicted octanol–water partition coefficient (Wildman–Crippen LogP) is 2.71. The molecule has 1 heterocycles. The Labute approximate surface area is 108 Å². The Morgan fingerprint density at radius 2 is 1.94 bits per heavy atom. The van der Waals surface area contributed by atoms with Crippen molar-refractivity contribution in [2.45, 2.75) is 46.5 Å². The van der Waals surface area contributed by atoms with E-state index in [4.69, 9.17) is 0 Å². The van der Waals surface area contributed by atoms with E-state index in [9.17, 15) is 10.1 Å². The highest BCUT2D eigenvalue weighted by molar-refractivity contribution is 5.89. The summed E-state index contributed by atoms with van der Waals surface area (Å²) in [4.78, 5) is 20.6. The summed E-state index contributed by atoms with van der Waals surface area (Å²) < 4.78 is 0. The van der Waals surface area contributed by atoms with Crippen LogP contribution in [0.1, 0.15) is 49.8 Å². The first-order valence-corrected chi connectivity index (χ1v) is 6.25. The van der Waals surface area contributed by atoms with Crippen molar-refractivity contribution in [3.63, 3.8) is 0 Å². The van der Waals surface area contributed by atoms with Gasteiger partial charge >= 0.3 is 0 Å².